The first-order valence-electron chi connectivity index (χ1n) is 6.66. The maximum absolute atomic E-state index is 12.7. The predicted molar refractivity (Wildman–Crippen MR) is 74.5 cm³/mol. The van der Waals surface area contributed by atoms with E-state index in [9.17, 15) is 18.0 Å². The van der Waals surface area contributed by atoms with Gasteiger partial charge < -0.3 is 4.98 Å². The zero-order valence-electron chi connectivity index (χ0n) is 11.7. The number of aromatic nitrogens is 3. The Bertz CT molecular complexity index is 752. The Balaban J connectivity index is 1.83. The molecule has 0 radical (unpaired) electrons. The number of rotatable bonds is 2. The summed E-state index contributed by atoms with van der Waals surface area (Å²) in [5.74, 6) is -1.22. The first-order chi connectivity index (χ1) is 10.3. The van der Waals surface area contributed by atoms with Crippen LogP contribution in [0.2, 0.25) is 0 Å². The lowest BCUT2D eigenvalue weighted by Gasteiger charge is -2.26. The van der Waals surface area contributed by atoms with Crippen molar-refractivity contribution in [3.05, 3.63) is 43.5 Å². The molecule has 1 aliphatic heterocycles. The van der Waals surface area contributed by atoms with Gasteiger partial charge in [-0.1, -0.05) is 0 Å². The highest BCUT2D eigenvalue weighted by atomic mass is 32.1. The number of nitrogens with one attached hydrogen (secondary N) is 1. The average Bonchev–Trinajstić information content (AvgIpc) is 2.83. The minimum atomic E-state index is -4.64. The second-order valence-corrected chi connectivity index (χ2v) is 6.48. The highest BCUT2D eigenvalue weighted by molar-refractivity contribution is 7.11. The van der Waals surface area contributed by atoms with Gasteiger partial charge in [-0.2, -0.15) is 13.2 Å². The molecular weight excluding hydrogens is 317 g/mol. The normalized spacial score (nSPS) is 15.8. The van der Waals surface area contributed by atoms with E-state index in [-0.39, 0.29) is 12.2 Å². The third-order valence-corrected chi connectivity index (χ3v) is 4.34. The zero-order valence-corrected chi connectivity index (χ0v) is 12.5. The van der Waals surface area contributed by atoms with E-state index in [2.05, 4.69) is 9.97 Å². The summed E-state index contributed by atoms with van der Waals surface area (Å²) in [5.41, 5.74) is -0.160. The summed E-state index contributed by atoms with van der Waals surface area (Å²) < 4.78 is 38.0. The van der Waals surface area contributed by atoms with Crippen LogP contribution in [0.4, 0.5) is 13.2 Å². The summed E-state index contributed by atoms with van der Waals surface area (Å²) in [6.07, 6.45) is -2.53. The second kappa shape index (κ2) is 5.47. The van der Waals surface area contributed by atoms with Crippen molar-refractivity contribution in [2.45, 2.75) is 32.6 Å². The van der Waals surface area contributed by atoms with Crippen molar-refractivity contribution >= 4 is 11.3 Å². The minimum Gasteiger partial charge on any atom is -0.303 e. The Labute approximate surface area is 127 Å². The van der Waals surface area contributed by atoms with Gasteiger partial charge in [-0.15, -0.1) is 11.3 Å². The van der Waals surface area contributed by atoms with Gasteiger partial charge in [0, 0.05) is 30.6 Å². The van der Waals surface area contributed by atoms with E-state index >= 15 is 0 Å². The van der Waals surface area contributed by atoms with E-state index in [1.807, 2.05) is 16.8 Å². The number of aryl methyl sites for hydroxylation is 1. The molecule has 118 valence electrons. The predicted octanol–water partition coefficient (Wildman–Crippen LogP) is 2.11. The van der Waals surface area contributed by atoms with Crippen LogP contribution in [-0.4, -0.2) is 26.4 Å². The highest BCUT2D eigenvalue weighted by Gasteiger charge is 2.35. The smallest absolute Gasteiger partial charge is 0.303 e. The second-order valence-electron chi connectivity index (χ2n) is 5.16. The number of nitrogens with zero attached hydrogens (tertiary/aromatic N) is 3. The van der Waals surface area contributed by atoms with Crippen LogP contribution in [0, 0.1) is 6.92 Å². The topological polar surface area (TPSA) is 61.9 Å². The molecule has 0 amide bonds. The molecule has 3 heterocycles. The van der Waals surface area contributed by atoms with Crippen molar-refractivity contribution in [2.75, 3.05) is 6.54 Å². The van der Waals surface area contributed by atoms with Gasteiger partial charge >= 0.3 is 6.18 Å². The van der Waals surface area contributed by atoms with Gasteiger partial charge in [-0.05, 0) is 6.92 Å². The van der Waals surface area contributed by atoms with Crippen molar-refractivity contribution in [2.24, 2.45) is 0 Å². The minimum absolute atomic E-state index is 0.239. The maximum Gasteiger partial charge on any atom is 0.449 e. The SMILES string of the molecule is Cc1cnc(CN2CCc3nc(C(F)(F)F)[nH]c(=O)c3C2)s1. The van der Waals surface area contributed by atoms with Gasteiger partial charge in [0.15, 0.2) is 0 Å². The fraction of sp³-hybridized carbons (Fsp3) is 0.462. The van der Waals surface area contributed by atoms with Crippen LogP contribution in [0.3, 0.4) is 0 Å². The van der Waals surface area contributed by atoms with Gasteiger partial charge in [-0.25, -0.2) is 9.97 Å². The van der Waals surface area contributed by atoms with E-state index in [1.165, 1.54) is 0 Å². The molecule has 1 N–H and O–H groups in total. The van der Waals surface area contributed by atoms with Crippen molar-refractivity contribution < 1.29 is 13.2 Å². The molecule has 0 bridgehead atoms. The Kier molecular flexibility index (Phi) is 3.77. The van der Waals surface area contributed by atoms with Gasteiger partial charge in [0.05, 0.1) is 17.8 Å². The molecule has 5 nitrogen and oxygen atoms in total. The molecule has 2 aromatic heterocycles. The number of aromatic amines is 1. The molecule has 0 saturated heterocycles. The standard InChI is InChI=1S/C13H13F3N4OS/c1-7-4-17-10(22-7)6-20-3-2-9-8(5-20)11(21)19-12(18-9)13(14,15)16/h4H,2-3,5-6H2,1H3,(H,18,19,21). The Hall–Kier alpha value is -1.74. The molecule has 0 aromatic carbocycles. The number of hydrogen-bond donors (Lipinski definition) is 1. The molecule has 0 aliphatic carbocycles. The Morgan fingerprint density at radius 1 is 1.45 bits per heavy atom. The van der Waals surface area contributed by atoms with Gasteiger partial charge in [0.1, 0.15) is 5.01 Å². The van der Waals surface area contributed by atoms with Crippen LogP contribution in [0.15, 0.2) is 11.0 Å². The van der Waals surface area contributed by atoms with E-state index in [0.717, 1.165) is 9.88 Å². The third kappa shape index (κ3) is 3.05. The highest BCUT2D eigenvalue weighted by Crippen LogP contribution is 2.27. The van der Waals surface area contributed by atoms with Crippen molar-refractivity contribution in [1.82, 2.24) is 19.9 Å². The first-order valence-corrected chi connectivity index (χ1v) is 7.47. The van der Waals surface area contributed by atoms with Crippen LogP contribution in [0.1, 0.15) is 27.0 Å². The molecule has 22 heavy (non-hydrogen) atoms. The number of thiazole rings is 1. The molecule has 9 heteroatoms. The number of H-pyrrole nitrogens is 1. The van der Waals surface area contributed by atoms with E-state index in [1.54, 1.807) is 17.5 Å². The van der Waals surface area contributed by atoms with Crippen LogP contribution in [0.25, 0.3) is 0 Å². The van der Waals surface area contributed by atoms with Gasteiger partial charge in [-0.3, -0.25) is 9.69 Å². The number of hydrogen-bond acceptors (Lipinski definition) is 5. The summed E-state index contributed by atoms with van der Waals surface area (Å²) >= 11 is 1.57. The zero-order chi connectivity index (χ0) is 15.9. The number of fused-ring (bicyclic) bond motifs is 1. The summed E-state index contributed by atoms with van der Waals surface area (Å²) in [4.78, 5) is 24.7. The molecule has 0 fully saturated rings. The summed E-state index contributed by atoms with van der Waals surface area (Å²) in [5, 5.41) is 0.928. The molecule has 3 rings (SSSR count). The van der Waals surface area contributed by atoms with Crippen molar-refractivity contribution in [3.8, 4) is 0 Å². The summed E-state index contributed by atoms with van der Waals surface area (Å²) in [6, 6.07) is 0. The number of alkyl halides is 3. The van der Waals surface area contributed by atoms with Gasteiger partial charge in [0.2, 0.25) is 5.82 Å². The molecule has 0 unspecified atom stereocenters. The molecule has 0 saturated carbocycles. The fourth-order valence-electron chi connectivity index (χ4n) is 2.42. The Morgan fingerprint density at radius 2 is 2.23 bits per heavy atom. The maximum atomic E-state index is 12.7. The number of halogens is 3. The molecule has 1 aliphatic rings. The van der Waals surface area contributed by atoms with Crippen molar-refractivity contribution in [3.63, 3.8) is 0 Å². The lowest BCUT2D eigenvalue weighted by Crippen LogP contribution is -2.36. The molecule has 0 atom stereocenters. The third-order valence-electron chi connectivity index (χ3n) is 3.44. The van der Waals surface area contributed by atoms with Crippen LogP contribution >= 0.6 is 11.3 Å². The van der Waals surface area contributed by atoms with Crippen molar-refractivity contribution in [1.29, 1.82) is 0 Å². The van der Waals surface area contributed by atoms with E-state index < -0.39 is 17.6 Å². The fourth-order valence-corrected chi connectivity index (χ4v) is 3.25. The van der Waals surface area contributed by atoms with Crippen LogP contribution in [0.5, 0.6) is 0 Å². The largest absolute Gasteiger partial charge is 0.449 e. The average molecular weight is 330 g/mol. The molecule has 0 spiro atoms. The lowest BCUT2D eigenvalue weighted by molar-refractivity contribution is -0.145. The monoisotopic (exact) mass is 330 g/mol. The lowest BCUT2D eigenvalue weighted by atomic mass is 10.1. The van der Waals surface area contributed by atoms with E-state index in [0.29, 0.717) is 25.1 Å². The summed E-state index contributed by atoms with van der Waals surface area (Å²) in [6.45, 7) is 3.38. The van der Waals surface area contributed by atoms with Crippen LogP contribution < -0.4 is 5.56 Å². The summed E-state index contributed by atoms with van der Waals surface area (Å²) in [7, 11) is 0. The van der Waals surface area contributed by atoms with Crippen LogP contribution in [-0.2, 0) is 25.7 Å². The molecular formula is C13H13F3N4OS. The van der Waals surface area contributed by atoms with Gasteiger partial charge in [0.25, 0.3) is 5.56 Å². The van der Waals surface area contributed by atoms with E-state index in [4.69, 9.17) is 0 Å². The first kappa shape index (κ1) is 15.2. The quantitative estimate of drug-likeness (QED) is 0.916. The Morgan fingerprint density at radius 3 is 2.86 bits per heavy atom. The molecule has 2 aromatic rings.